The first-order valence-corrected chi connectivity index (χ1v) is 7.12. The van der Waals surface area contributed by atoms with Gasteiger partial charge in [-0.25, -0.2) is 0 Å². The molecule has 0 radical (unpaired) electrons. The van der Waals surface area contributed by atoms with Crippen molar-refractivity contribution in [1.29, 1.82) is 0 Å². The number of hydrogen-bond donors (Lipinski definition) is 1. The lowest BCUT2D eigenvalue weighted by atomic mass is 9.82. The lowest BCUT2D eigenvalue weighted by Gasteiger charge is -2.31. The van der Waals surface area contributed by atoms with Crippen molar-refractivity contribution in [3.05, 3.63) is 23.8 Å². The summed E-state index contributed by atoms with van der Waals surface area (Å²) in [6.07, 6.45) is 4.04. The molecule has 2 atom stereocenters. The molecule has 1 saturated carbocycles. The Hall–Kier alpha value is -1.22. The van der Waals surface area contributed by atoms with Crippen LogP contribution in [0.5, 0.6) is 5.75 Å². The summed E-state index contributed by atoms with van der Waals surface area (Å²) < 4.78 is 11.4. The minimum absolute atomic E-state index is 0.376. The molecule has 3 nitrogen and oxygen atoms in total. The van der Waals surface area contributed by atoms with Crippen LogP contribution in [0, 0.1) is 11.8 Å². The molecular formula is C16H25NO2. The van der Waals surface area contributed by atoms with E-state index in [1.807, 2.05) is 18.2 Å². The molecule has 0 bridgehead atoms. The average molecular weight is 263 g/mol. The highest BCUT2D eigenvalue weighted by Crippen LogP contribution is 2.31. The Morgan fingerprint density at radius 3 is 2.47 bits per heavy atom. The Morgan fingerprint density at radius 2 is 1.84 bits per heavy atom. The van der Waals surface area contributed by atoms with Gasteiger partial charge in [-0.2, -0.15) is 0 Å². The molecular weight excluding hydrogens is 238 g/mol. The average Bonchev–Trinajstić information content (AvgIpc) is 2.36. The lowest BCUT2D eigenvalue weighted by Crippen LogP contribution is -2.26. The zero-order chi connectivity index (χ0) is 13.8. The molecule has 3 heteroatoms. The number of nitrogens with two attached hydrogens (primary N) is 1. The Morgan fingerprint density at radius 1 is 1.16 bits per heavy atom. The van der Waals surface area contributed by atoms with Crippen molar-refractivity contribution in [2.45, 2.75) is 45.8 Å². The molecule has 2 N–H and O–H groups in total. The Bertz CT molecular complexity index is 409. The molecule has 0 spiro atoms. The molecule has 1 aromatic carbocycles. The van der Waals surface area contributed by atoms with Crippen LogP contribution >= 0.6 is 0 Å². The number of hydrogen-bond acceptors (Lipinski definition) is 3. The van der Waals surface area contributed by atoms with E-state index in [0.717, 1.165) is 28.8 Å². The van der Waals surface area contributed by atoms with Crippen LogP contribution in [0.4, 0.5) is 5.69 Å². The third-order valence-electron chi connectivity index (χ3n) is 3.92. The van der Waals surface area contributed by atoms with Crippen LogP contribution in [-0.4, -0.2) is 13.2 Å². The van der Waals surface area contributed by atoms with Crippen molar-refractivity contribution in [3.8, 4) is 5.75 Å². The summed E-state index contributed by atoms with van der Waals surface area (Å²) in [5, 5.41) is 0. The van der Waals surface area contributed by atoms with Gasteiger partial charge in [0, 0.05) is 17.3 Å². The molecule has 0 heterocycles. The highest BCUT2D eigenvalue weighted by Gasteiger charge is 2.24. The van der Waals surface area contributed by atoms with Crippen LogP contribution in [0.2, 0.25) is 0 Å². The van der Waals surface area contributed by atoms with Gasteiger partial charge in [0.05, 0.1) is 19.8 Å². The van der Waals surface area contributed by atoms with Crippen molar-refractivity contribution >= 4 is 5.69 Å². The number of rotatable bonds is 4. The van der Waals surface area contributed by atoms with Gasteiger partial charge < -0.3 is 15.2 Å². The maximum atomic E-state index is 6.07. The molecule has 1 aliphatic carbocycles. The second-order valence-electron chi connectivity index (χ2n) is 5.92. The number of methoxy groups -OCH3 is 1. The molecule has 106 valence electrons. The summed E-state index contributed by atoms with van der Waals surface area (Å²) in [6.45, 7) is 5.24. The van der Waals surface area contributed by atoms with E-state index >= 15 is 0 Å². The first-order chi connectivity index (χ1) is 9.08. The number of nitrogen functional groups attached to an aromatic ring is 1. The molecule has 1 aromatic rings. The van der Waals surface area contributed by atoms with Gasteiger partial charge in [-0.3, -0.25) is 0 Å². The van der Waals surface area contributed by atoms with Crippen LogP contribution in [-0.2, 0) is 11.3 Å². The summed E-state index contributed by atoms with van der Waals surface area (Å²) in [7, 11) is 1.67. The normalized spacial score (nSPS) is 27.2. The molecule has 0 aliphatic heterocycles. The zero-order valence-electron chi connectivity index (χ0n) is 12.2. The van der Waals surface area contributed by atoms with Crippen molar-refractivity contribution in [1.82, 2.24) is 0 Å². The molecule has 0 amide bonds. The summed E-state index contributed by atoms with van der Waals surface area (Å²) >= 11 is 0. The molecule has 2 rings (SSSR count). The predicted octanol–water partition coefficient (Wildman–Crippen LogP) is 3.62. The fraction of sp³-hybridized carbons (Fsp3) is 0.625. The highest BCUT2D eigenvalue weighted by molar-refractivity contribution is 5.48. The SMILES string of the molecule is COc1cc(N)ccc1COC1CC(C)CC(C)C1. The van der Waals surface area contributed by atoms with E-state index in [9.17, 15) is 0 Å². The minimum atomic E-state index is 0.376. The van der Waals surface area contributed by atoms with Crippen LogP contribution in [0.15, 0.2) is 18.2 Å². The van der Waals surface area contributed by atoms with Crippen molar-refractivity contribution < 1.29 is 9.47 Å². The monoisotopic (exact) mass is 263 g/mol. The van der Waals surface area contributed by atoms with Crippen LogP contribution in [0.3, 0.4) is 0 Å². The second-order valence-corrected chi connectivity index (χ2v) is 5.92. The van der Waals surface area contributed by atoms with Gasteiger partial charge in [0.1, 0.15) is 5.75 Å². The molecule has 2 unspecified atom stereocenters. The number of benzene rings is 1. The first kappa shape index (κ1) is 14.2. The van der Waals surface area contributed by atoms with Crippen molar-refractivity contribution in [3.63, 3.8) is 0 Å². The van der Waals surface area contributed by atoms with Crippen molar-refractivity contribution in [2.75, 3.05) is 12.8 Å². The van der Waals surface area contributed by atoms with Gasteiger partial charge in [0.2, 0.25) is 0 Å². The maximum absolute atomic E-state index is 6.07. The Kier molecular flexibility index (Phi) is 4.70. The summed E-state index contributed by atoms with van der Waals surface area (Å²) in [5.74, 6) is 2.35. The molecule has 0 saturated heterocycles. The van der Waals surface area contributed by atoms with Gasteiger partial charge >= 0.3 is 0 Å². The third-order valence-corrected chi connectivity index (χ3v) is 3.92. The Labute approximate surface area is 116 Å². The van der Waals surface area contributed by atoms with Crippen LogP contribution < -0.4 is 10.5 Å². The molecule has 1 fully saturated rings. The summed E-state index contributed by atoms with van der Waals surface area (Å²) in [6, 6.07) is 5.74. The van der Waals surface area contributed by atoms with E-state index < -0.39 is 0 Å². The molecule has 1 aliphatic rings. The topological polar surface area (TPSA) is 44.5 Å². The van der Waals surface area contributed by atoms with E-state index in [2.05, 4.69) is 13.8 Å². The van der Waals surface area contributed by atoms with E-state index in [-0.39, 0.29) is 0 Å². The number of ether oxygens (including phenoxy) is 2. The van der Waals surface area contributed by atoms with Crippen molar-refractivity contribution in [2.24, 2.45) is 11.8 Å². The predicted molar refractivity (Wildman–Crippen MR) is 78.2 cm³/mol. The largest absolute Gasteiger partial charge is 0.496 e. The fourth-order valence-electron chi connectivity index (χ4n) is 3.10. The van der Waals surface area contributed by atoms with E-state index in [1.54, 1.807) is 7.11 Å². The smallest absolute Gasteiger partial charge is 0.126 e. The minimum Gasteiger partial charge on any atom is -0.496 e. The lowest BCUT2D eigenvalue weighted by molar-refractivity contribution is -0.00976. The standard InChI is InChI=1S/C16H25NO2/c1-11-6-12(2)8-15(7-11)19-10-13-4-5-14(17)9-16(13)18-3/h4-5,9,11-12,15H,6-8,10,17H2,1-3H3. The summed E-state index contributed by atoms with van der Waals surface area (Å²) in [5.41, 5.74) is 7.55. The third kappa shape index (κ3) is 3.87. The highest BCUT2D eigenvalue weighted by atomic mass is 16.5. The van der Waals surface area contributed by atoms with Gasteiger partial charge in [-0.15, -0.1) is 0 Å². The van der Waals surface area contributed by atoms with E-state index in [4.69, 9.17) is 15.2 Å². The maximum Gasteiger partial charge on any atom is 0.126 e. The first-order valence-electron chi connectivity index (χ1n) is 7.12. The second kappa shape index (κ2) is 6.29. The van der Waals surface area contributed by atoms with E-state index in [0.29, 0.717) is 12.7 Å². The van der Waals surface area contributed by atoms with E-state index in [1.165, 1.54) is 19.3 Å². The summed E-state index contributed by atoms with van der Waals surface area (Å²) in [4.78, 5) is 0. The fourth-order valence-corrected chi connectivity index (χ4v) is 3.10. The zero-order valence-corrected chi connectivity index (χ0v) is 12.2. The van der Waals surface area contributed by atoms with Gasteiger partial charge in [0.15, 0.2) is 0 Å². The van der Waals surface area contributed by atoms with Gasteiger partial charge in [-0.05, 0) is 37.2 Å². The van der Waals surface area contributed by atoms with Crippen LogP contribution in [0.25, 0.3) is 0 Å². The molecule has 0 aromatic heterocycles. The molecule has 19 heavy (non-hydrogen) atoms. The van der Waals surface area contributed by atoms with Gasteiger partial charge in [-0.1, -0.05) is 19.9 Å². The van der Waals surface area contributed by atoms with Crippen LogP contribution in [0.1, 0.15) is 38.7 Å². The number of anilines is 1. The van der Waals surface area contributed by atoms with Gasteiger partial charge in [0.25, 0.3) is 0 Å². The Balaban J connectivity index is 1.95. The quantitative estimate of drug-likeness (QED) is 0.844.